The van der Waals surface area contributed by atoms with E-state index in [-0.39, 0.29) is 5.82 Å². The summed E-state index contributed by atoms with van der Waals surface area (Å²) in [5.41, 5.74) is 2.29. The standard InChI is InChI=1S/C19H17FN6/c1-2-15-10-17(22-12-13-6-3-4-8-16(13)20)26-19(23-15)24-18(25-26)14-7-5-9-21-11-14/h3-11,22H,2,12H2,1H3. The van der Waals surface area contributed by atoms with Crippen LogP contribution in [-0.2, 0) is 13.0 Å². The van der Waals surface area contributed by atoms with Crippen molar-refractivity contribution in [1.29, 1.82) is 0 Å². The third-order valence-electron chi connectivity index (χ3n) is 4.06. The predicted octanol–water partition coefficient (Wildman–Crippen LogP) is 3.50. The summed E-state index contributed by atoms with van der Waals surface area (Å²) < 4.78 is 15.5. The van der Waals surface area contributed by atoms with E-state index in [4.69, 9.17) is 0 Å². The Balaban J connectivity index is 1.73. The van der Waals surface area contributed by atoms with Crippen molar-refractivity contribution in [3.8, 4) is 11.4 Å². The summed E-state index contributed by atoms with van der Waals surface area (Å²) >= 11 is 0. The highest BCUT2D eigenvalue weighted by Gasteiger charge is 2.12. The molecule has 1 N–H and O–H groups in total. The van der Waals surface area contributed by atoms with Crippen LogP contribution in [0.15, 0.2) is 54.9 Å². The number of hydrogen-bond donors (Lipinski definition) is 1. The van der Waals surface area contributed by atoms with Gasteiger partial charge in [-0.15, -0.1) is 5.10 Å². The van der Waals surface area contributed by atoms with Gasteiger partial charge in [-0.1, -0.05) is 25.1 Å². The topological polar surface area (TPSA) is 68.0 Å². The molecule has 1 aromatic carbocycles. The van der Waals surface area contributed by atoms with Gasteiger partial charge in [0, 0.05) is 41.8 Å². The molecule has 3 heterocycles. The lowest BCUT2D eigenvalue weighted by Gasteiger charge is -2.09. The molecule has 0 spiro atoms. The van der Waals surface area contributed by atoms with Gasteiger partial charge in [-0.05, 0) is 24.6 Å². The van der Waals surface area contributed by atoms with Gasteiger partial charge in [0.05, 0.1) is 0 Å². The van der Waals surface area contributed by atoms with Gasteiger partial charge in [0.2, 0.25) is 0 Å². The fourth-order valence-electron chi connectivity index (χ4n) is 2.67. The van der Waals surface area contributed by atoms with Gasteiger partial charge in [-0.3, -0.25) is 4.98 Å². The zero-order valence-electron chi connectivity index (χ0n) is 14.2. The van der Waals surface area contributed by atoms with Gasteiger partial charge < -0.3 is 5.32 Å². The first-order valence-corrected chi connectivity index (χ1v) is 8.39. The summed E-state index contributed by atoms with van der Waals surface area (Å²) in [7, 11) is 0. The number of aromatic nitrogens is 5. The van der Waals surface area contributed by atoms with Crippen LogP contribution in [0.25, 0.3) is 17.2 Å². The van der Waals surface area contributed by atoms with Crippen LogP contribution in [0.4, 0.5) is 10.2 Å². The van der Waals surface area contributed by atoms with Crippen LogP contribution < -0.4 is 5.32 Å². The fraction of sp³-hybridized carbons (Fsp3) is 0.158. The van der Waals surface area contributed by atoms with Crippen molar-refractivity contribution >= 4 is 11.6 Å². The van der Waals surface area contributed by atoms with Crippen LogP contribution in [0.1, 0.15) is 18.2 Å². The lowest BCUT2D eigenvalue weighted by molar-refractivity contribution is 0.612. The predicted molar refractivity (Wildman–Crippen MR) is 97.1 cm³/mol. The molecular weight excluding hydrogens is 331 g/mol. The Morgan fingerprint density at radius 2 is 2.00 bits per heavy atom. The first kappa shape index (κ1) is 16.1. The van der Waals surface area contributed by atoms with E-state index in [1.54, 1.807) is 29.0 Å². The van der Waals surface area contributed by atoms with Crippen molar-refractivity contribution in [3.63, 3.8) is 0 Å². The van der Waals surface area contributed by atoms with Crippen molar-refractivity contribution in [2.75, 3.05) is 5.32 Å². The van der Waals surface area contributed by atoms with E-state index in [1.807, 2.05) is 31.2 Å². The number of hydrogen-bond acceptors (Lipinski definition) is 5. The molecule has 26 heavy (non-hydrogen) atoms. The highest BCUT2D eigenvalue weighted by atomic mass is 19.1. The molecule has 0 atom stereocenters. The van der Waals surface area contributed by atoms with Crippen LogP contribution in [0, 0.1) is 5.82 Å². The lowest BCUT2D eigenvalue weighted by Crippen LogP contribution is -2.08. The number of benzene rings is 1. The molecule has 0 aliphatic rings. The van der Waals surface area contributed by atoms with E-state index in [9.17, 15) is 4.39 Å². The zero-order valence-corrected chi connectivity index (χ0v) is 14.2. The Labute approximate surface area is 149 Å². The summed E-state index contributed by atoms with van der Waals surface area (Å²) in [4.78, 5) is 13.1. The van der Waals surface area contributed by atoms with E-state index in [0.29, 0.717) is 23.7 Å². The molecule has 7 heteroatoms. The van der Waals surface area contributed by atoms with E-state index < -0.39 is 0 Å². The van der Waals surface area contributed by atoms with Crippen molar-refractivity contribution in [2.45, 2.75) is 19.9 Å². The number of rotatable bonds is 5. The molecule has 0 aliphatic carbocycles. The zero-order chi connectivity index (χ0) is 17.9. The maximum Gasteiger partial charge on any atom is 0.254 e. The second-order valence-corrected chi connectivity index (χ2v) is 5.82. The van der Waals surface area contributed by atoms with Crippen molar-refractivity contribution in [3.05, 3.63) is 71.9 Å². The molecule has 0 aliphatic heterocycles. The first-order valence-electron chi connectivity index (χ1n) is 8.39. The Morgan fingerprint density at radius 1 is 1.12 bits per heavy atom. The normalized spacial score (nSPS) is 11.0. The van der Waals surface area contributed by atoms with Crippen molar-refractivity contribution in [1.82, 2.24) is 24.6 Å². The molecule has 4 rings (SSSR count). The van der Waals surface area contributed by atoms with Crippen LogP contribution in [0.2, 0.25) is 0 Å². The fourth-order valence-corrected chi connectivity index (χ4v) is 2.67. The second kappa shape index (κ2) is 6.87. The maximum absolute atomic E-state index is 13.9. The number of aryl methyl sites for hydroxylation is 1. The SMILES string of the molecule is CCc1cc(NCc2ccccc2F)n2nc(-c3cccnc3)nc2n1. The highest BCUT2D eigenvalue weighted by Crippen LogP contribution is 2.19. The maximum atomic E-state index is 13.9. The summed E-state index contributed by atoms with van der Waals surface area (Å²) in [6.07, 6.45) is 4.18. The van der Waals surface area contributed by atoms with Crippen LogP contribution in [-0.4, -0.2) is 24.6 Å². The average Bonchev–Trinajstić information content (AvgIpc) is 3.12. The molecule has 6 nitrogen and oxygen atoms in total. The third-order valence-corrected chi connectivity index (χ3v) is 4.06. The minimum absolute atomic E-state index is 0.240. The number of fused-ring (bicyclic) bond motifs is 1. The molecule has 0 amide bonds. The molecule has 130 valence electrons. The van der Waals surface area contributed by atoms with Crippen LogP contribution in [0.3, 0.4) is 0 Å². The Hall–Kier alpha value is -3.35. The average molecular weight is 348 g/mol. The monoisotopic (exact) mass is 348 g/mol. The molecule has 0 fully saturated rings. The summed E-state index contributed by atoms with van der Waals surface area (Å²) in [6, 6.07) is 12.3. The number of nitrogens with zero attached hydrogens (tertiary/aromatic N) is 5. The van der Waals surface area contributed by atoms with Gasteiger partial charge in [0.25, 0.3) is 5.78 Å². The molecular formula is C19H17FN6. The molecule has 3 aromatic heterocycles. The number of halogens is 1. The Morgan fingerprint density at radius 3 is 2.77 bits per heavy atom. The summed E-state index contributed by atoms with van der Waals surface area (Å²) in [5.74, 6) is 1.53. The molecule has 0 unspecified atom stereocenters. The molecule has 4 aromatic rings. The molecule has 0 saturated carbocycles. The quantitative estimate of drug-likeness (QED) is 0.598. The Kier molecular flexibility index (Phi) is 4.27. The van der Waals surface area contributed by atoms with Gasteiger partial charge in [-0.25, -0.2) is 9.37 Å². The van der Waals surface area contributed by atoms with Crippen molar-refractivity contribution < 1.29 is 4.39 Å². The largest absolute Gasteiger partial charge is 0.366 e. The van der Waals surface area contributed by atoms with Gasteiger partial charge in [-0.2, -0.15) is 9.50 Å². The molecule has 0 saturated heterocycles. The van der Waals surface area contributed by atoms with Gasteiger partial charge >= 0.3 is 0 Å². The van der Waals surface area contributed by atoms with E-state index >= 15 is 0 Å². The van der Waals surface area contributed by atoms with E-state index in [1.165, 1.54) is 6.07 Å². The molecule has 0 radical (unpaired) electrons. The first-order chi connectivity index (χ1) is 12.7. The lowest BCUT2D eigenvalue weighted by atomic mass is 10.2. The summed E-state index contributed by atoms with van der Waals surface area (Å²) in [6.45, 7) is 2.37. The third kappa shape index (κ3) is 3.11. The van der Waals surface area contributed by atoms with E-state index in [0.717, 1.165) is 23.5 Å². The van der Waals surface area contributed by atoms with Gasteiger partial charge in [0.15, 0.2) is 5.82 Å². The van der Waals surface area contributed by atoms with Crippen LogP contribution >= 0.6 is 0 Å². The minimum atomic E-state index is -0.240. The second-order valence-electron chi connectivity index (χ2n) is 5.82. The minimum Gasteiger partial charge on any atom is -0.366 e. The number of nitrogens with one attached hydrogen (secondary N) is 1. The van der Waals surface area contributed by atoms with Crippen molar-refractivity contribution in [2.24, 2.45) is 0 Å². The Bertz CT molecular complexity index is 1040. The highest BCUT2D eigenvalue weighted by molar-refractivity contribution is 5.57. The summed E-state index contributed by atoms with van der Waals surface area (Å²) in [5, 5.41) is 7.79. The smallest absolute Gasteiger partial charge is 0.254 e. The van der Waals surface area contributed by atoms with Crippen LogP contribution in [0.5, 0.6) is 0 Å². The number of pyridine rings is 1. The van der Waals surface area contributed by atoms with Gasteiger partial charge in [0.1, 0.15) is 11.6 Å². The van der Waals surface area contributed by atoms with E-state index in [2.05, 4.69) is 25.4 Å². The number of anilines is 1. The molecule has 0 bridgehead atoms.